The molecule has 0 radical (unpaired) electrons. The van der Waals surface area contributed by atoms with Crippen molar-refractivity contribution < 1.29 is 22.8 Å². The van der Waals surface area contributed by atoms with Gasteiger partial charge >= 0.3 is 14.8 Å². The quantitative estimate of drug-likeness (QED) is 0.380. The Hall–Kier alpha value is -0.693. The maximum Gasteiger partial charge on any atom is 0.500 e. The molecule has 4 aliphatic carbocycles. The second-order valence-corrected chi connectivity index (χ2v) is 11.2. The van der Waals surface area contributed by atoms with Gasteiger partial charge in [0.15, 0.2) is 0 Å². The SMILES string of the molecule is C=CC(=O)OC12CC3CC(CC(CC[Si](OC)(OC)OC)(C3)C1)C2. The first-order chi connectivity index (χ1) is 11.4. The number of carbonyl (C=O) groups excluding carboxylic acids is 1. The van der Waals surface area contributed by atoms with Crippen molar-refractivity contribution in [2.75, 3.05) is 21.3 Å². The summed E-state index contributed by atoms with van der Waals surface area (Å²) in [7, 11) is 2.46. The standard InChI is InChI=1S/C18H30O5Si/c1-5-16(19)23-18-11-14-8-15(12-18)10-17(9-14,13-18)6-7-24(20-2,21-3)22-4/h5,14-15H,1,6-13H2,2-4H3. The Morgan fingerprint density at radius 3 is 2.21 bits per heavy atom. The van der Waals surface area contributed by atoms with Gasteiger partial charge < -0.3 is 18.0 Å². The van der Waals surface area contributed by atoms with Crippen LogP contribution in [0.5, 0.6) is 0 Å². The smallest absolute Gasteiger partial charge is 0.456 e. The molecule has 0 spiro atoms. The van der Waals surface area contributed by atoms with E-state index >= 15 is 0 Å². The summed E-state index contributed by atoms with van der Waals surface area (Å²) in [4.78, 5) is 11.9. The summed E-state index contributed by atoms with van der Waals surface area (Å²) in [5.74, 6) is 1.07. The van der Waals surface area contributed by atoms with Crippen LogP contribution in [0, 0.1) is 17.3 Å². The third kappa shape index (κ3) is 3.21. The van der Waals surface area contributed by atoms with Gasteiger partial charge in [-0.05, 0) is 62.2 Å². The van der Waals surface area contributed by atoms with Crippen molar-refractivity contribution in [3.8, 4) is 0 Å². The second kappa shape index (κ2) is 6.55. The van der Waals surface area contributed by atoms with E-state index in [0.29, 0.717) is 11.8 Å². The van der Waals surface area contributed by atoms with Gasteiger partial charge in [0.2, 0.25) is 0 Å². The average molecular weight is 355 g/mol. The summed E-state index contributed by atoms with van der Waals surface area (Å²) in [6.07, 6.45) is 9.08. The molecule has 0 aliphatic heterocycles. The van der Waals surface area contributed by atoms with E-state index < -0.39 is 8.80 Å². The van der Waals surface area contributed by atoms with Crippen LogP contribution in [0.3, 0.4) is 0 Å². The van der Waals surface area contributed by atoms with Gasteiger partial charge in [-0.3, -0.25) is 0 Å². The van der Waals surface area contributed by atoms with Gasteiger partial charge in [-0.2, -0.15) is 0 Å². The molecular weight excluding hydrogens is 324 g/mol. The number of esters is 1. The topological polar surface area (TPSA) is 54.0 Å². The van der Waals surface area contributed by atoms with Crippen molar-refractivity contribution in [1.29, 1.82) is 0 Å². The average Bonchev–Trinajstić information content (AvgIpc) is 2.55. The zero-order valence-electron chi connectivity index (χ0n) is 15.1. The van der Waals surface area contributed by atoms with E-state index in [0.717, 1.165) is 31.7 Å². The van der Waals surface area contributed by atoms with E-state index in [4.69, 9.17) is 18.0 Å². The molecule has 4 saturated carbocycles. The molecule has 0 N–H and O–H groups in total. The molecule has 0 heterocycles. The van der Waals surface area contributed by atoms with E-state index in [1.807, 2.05) is 0 Å². The van der Waals surface area contributed by atoms with Crippen LogP contribution in [-0.2, 0) is 22.8 Å². The van der Waals surface area contributed by atoms with E-state index in [-0.39, 0.29) is 17.0 Å². The Kier molecular flexibility index (Phi) is 4.95. The normalized spacial score (nSPS) is 37.5. The molecule has 2 atom stereocenters. The molecule has 0 aromatic carbocycles. The van der Waals surface area contributed by atoms with Crippen molar-refractivity contribution in [3.05, 3.63) is 12.7 Å². The summed E-state index contributed by atoms with van der Waals surface area (Å²) in [6.45, 7) is 3.56. The number of ether oxygens (including phenoxy) is 1. The van der Waals surface area contributed by atoms with Gasteiger partial charge in [0.25, 0.3) is 0 Å². The van der Waals surface area contributed by atoms with Gasteiger partial charge in [-0.25, -0.2) is 4.79 Å². The van der Waals surface area contributed by atoms with Crippen LogP contribution in [0.2, 0.25) is 6.04 Å². The molecule has 0 saturated heterocycles. The van der Waals surface area contributed by atoms with Crippen LogP contribution in [0.25, 0.3) is 0 Å². The third-order valence-corrected chi connectivity index (χ3v) is 9.24. The molecule has 4 aliphatic rings. The highest BCUT2D eigenvalue weighted by molar-refractivity contribution is 6.60. The molecule has 4 rings (SSSR count). The Balaban J connectivity index is 1.75. The Labute approximate surface area is 146 Å². The molecule has 4 bridgehead atoms. The summed E-state index contributed by atoms with van der Waals surface area (Å²) in [5, 5.41) is 0. The third-order valence-electron chi connectivity index (χ3n) is 6.51. The molecule has 5 nitrogen and oxygen atoms in total. The lowest BCUT2D eigenvalue weighted by atomic mass is 9.47. The second-order valence-electron chi connectivity index (χ2n) is 8.06. The first-order valence-corrected chi connectivity index (χ1v) is 10.9. The Morgan fingerprint density at radius 2 is 1.71 bits per heavy atom. The molecular formula is C18H30O5Si. The zero-order valence-corrected chi connectivity index (χ0v) is 16.1. The molecule has 0 aromatic rings. The number of carbonyl (C=O) groups is 1. The van der Waals surface area contributed by atoms with Crippen LogP contribution >= 0.6 is 0 Å². The first kappa shape index (κ1) is 18.1. The Bertz CT molecular complexity index is 479. The molecule has 0 amide bonds. The van der Waals surface area contributed by atoms with E-state index in [9.17, 15) is 4.79 Å². The van der Waals surface area contributed by atoms with E-state index in [1.165, 1.54) is 25.3 Å². The van der Waals surface area contributed by atoms with Crippen molar-refractivity contribution >= 4 is 14.8 Å². The van der Waals surface area contributed by atoms with Gasteiger partial charge in [0, 0.05) is 33.4 Å². The van der Waals surface area contributed by atoms with E-state index in [2.05, 4.69) is 6.58 Å². The minimum absolute atomic E-state index is 0.235. The van der Waals surface area contributed by atoms with Gasteiger partial charge in [-0.1, -0.05) is 6.58 Å². The molecule has 0 aromatic heterocycles. The maximum atomic E-state index is 11.9. The van der Waals surface area contributed by atoms with Gasteiger partial charge in [0.05, 0.1) is 0 Å². The fourth-order valence-electron chi connectivity index (χ4n) is 6.01. The highest BCUT2D eigenvalue weighted by Crippen LogP contribution is 2.64. The number of hydrogen-bond acceptors (Lipinski definition) is 5. The monoisotopic (exact) mass is 354 g/mol. The van der Waals surface area contributed by atoms with Crippen molar-refractivity contribution in [3.63, 3.8) is 0 Å². The van der Waals surface area contributed by atoms with Gasteiger partial charge in [0.1, 0.15) is 5.60 Å². The molecule has 24 heavy (non-hydrogen) atoms. The minimum Gasteiger partial charge on any atom is -0.456 e. The largest absolute Gasteiger partial charge is 0.500 e. The molecule has 6 heteroatoms. The first-order valence-electron chi connectivity index (χ1n) is 8.92. The summed E-state index contributed by atoms with van der Waals surface area (Å²) in [5.41, 5.74) is -0.0356. The van der Waals surface area contributed by atoms with Crippen molar-refractivity contribution in [2.24, 2.45) is 17.3 Å². The summed E-state index contributed by atoms with van der Waals surface area (Å²) in [6, 6.07) is 0.821. The van der Waals surface area contributed by atoms with Crippen LogP contribution < -0.4 is 0 Å². The van der Waals surface area contributed by atoms with Gasteiger partial charge in [-0.15, -0.1) is 0 Å². The summed E-state index contributed by atoms with van der Waals surface area (Å²) >= 11 is 0. The molecule has 4 fully saturated rings. The fourth-order valence-corrected chi connectivity index (χ4v) is 7.96. The number of rotatable bonds is 8. The summed E-state index contributed by atoms with van der Waals surface area (Å²) < 4.78 is 22.7. The predicted molar refractivity (Wildman–Crippen MR) is 92.3 cm³/mol. The highest BCUT2D eigenvalue weighted by atomic mass is 28.4. The maximum absolute atomic E-state index is 11.9. The fraction of sp³-hybridized carbons (Fsp3) is 0.833. The molecule has 136 valence electrons. The minimum atomic E-state index is -2.56. The van der Waals surface area contributed by atoms with Crippen LogP contribution in [-0.4, -0.2) is 41.7 Å². The Morgan fingerprint density at radius 1 is 1.12 bits per heavy atom. The predicted octanol–water partition coefficient (Wildman–Crippen LogP) is 3.32. The lowest BCUT2D eigenvalue weighted by Gasteiger charge is -2.61. The van der Waals surface area contributed by atoms with Crippen LogP contribution in [0.1, 0.15) is 44.9 Å². The van der Waals surface area contributed by atoms with Crippen molar-refractivity contribution in [1.82, 2.24) is 0 Å². The van der Waals surface area contributed by atoms with Crippen LogP contribution in [0.4, 0.5) is 0 Å². The number of hydrogen-bond donors (Lipinski definition) is 0. The van der Waals surface area contributed by atoms with Crippen molar-refractivity contribution in [2.45, 2.75) is 56.6 Å². The lowest BCUT2D eigenvalue weighted by molar-refractivity contribution is -0.198. The lowest BCUT2D eigenvalue weighted by Crippen LogP contribution is -2.58. The van der Waals surface area contributed by atoms with E-state index in [1.54, 1.807) is 21.3 Å². The zero-order chi connectivity index (χ0) is 17.4. The van der Waals surface area contributed by atoms with Crippen LogP contribution in [0.15, 0.2) is 12.7 Å². The highest BCUT2D eigenvalue weighted by Gasteiger charge is 2.60. The molecule has 2 unspecified atom stereocenters.